The summed E-state index contributed by atoms with van der Waals surface area (Å²) in [4.78, 5) is 11.2. The summed E-state index contributed by atoms with van der Waals surface area (Å²) in [5.41, 5.74) is 3.27. The van der Waals surface area contributed by atoms with Crippen LogP contribution >= 0.6 is 0 Å². The quantitative estimate of drug-likeness (QED) is 0.748. The molecule has 1 unspecified atom stereocenters. The van der Waals surface area contributed by atoms with Crippen LogP contribution in [0.15, 0.2) is 18.2 Å². The van der Waals surface area contributed by atoms with Gasteiger partial charge in [-0.3, -0.25) is 0 Å². The van der Waals surface area contributed by atoms with Gasteiger partial charge in [-0.25, -0.2) is 0 Å². The van der Waals surface area contributed by atoms with E-state index in [9.17, 15) is 4.79 Å². The number of benzene rings is 1. The first-order valence-corrected chi connectivity index (χ1v) is 5.53. The highest BCUT2D eigenvalue weighted by Gasteiger charge is 2.31. The summed E-state index contributed by atoms with van der Waals surface area (Å²) in [7, 11) is 0. The van der Waals surface area contributed by atoms with Crippen molar-refractivity contribution in [1.29, 1.82) is 0 Å². The van der Waals surface area contributed by atoms with Gasteiger partial charge in [0.2, 0.25) is 0 Å². The zero-order valence-electron chi connectivity index (χ0n) is 9.34. The van der Waals surface area contributed by atoms with Crippen LogP contribution in [0.1, 0.15) is 31.4 Å². The Balaban J connectivity index is 2.53. The molecule has 1 aromatic rings. The molecule has 2 rings (SSSR count). The average molecular weight is 203 g/mol. The number of aryl methyl sites for hydroxylation is 1. The summed E-state index contributed by atoms with van der Waals surface area (Å²) < 4.78 is 0. The molecule has 2 heteroatoms. The van der Waals surface area contributed by atoms with Gasteiger partial charge in [-0.1, -0.05) is 19.1 Å². The fourth-order valence-corrected chi connectivity index (χ4v) is 2.15. The van der Waals surface area contributed by atoms with E-state index in [4.69, 9.17) is 0 Å². The van der Waals surface area contributed by atoms with E-state index in [1.54, 1.807) is 0 Å². The monoisotopic (exact) mass is 203 g/mol. The van der Waals surface area contributed by atoms with E-state index in [2.05, 4.69) is 30.4 Å². The van der Waals surface area contributed by atoms with Crippen LogP contribution in [0.3, 0.4) is 0 Å². The van der Waals surface area contributed by atoms with E-state index >= 15 is 0 Å². The van der Waals surface area contributed by atoms with Gasteiger partial charge < -0.3 is 10.1 Å². The normalized spacial score (nSPS) is 24.1. The number of fused-ring (bicyclic) bond motifs is 1. The van der Waals surface area contributed by atoms with Crippen LogP contribution in [-0.2, 0) is 16.6 Å². The van der Waals surface area contributed by atoms with Crippen molar-refractivity contribution in [1.82, 2.24) is 0 Å². The van der Waals surface area contributed by atoms with Crippen LogP contribution in [0.5, 0.6) is 0 Å². The lowest BCUT2D eigenvalue weighted by Gasteiger charge is -2.32. The molecule has 1 aromatic carbocycles. The van der Waals surface area contributed by atoms with Gasteiger partial charge in [0.15, 0.2) is 0 Å². The second kappa shape index (κ2) is 3.69. The van der Waals surface area contributed by atoms with Crippen LogP contribution in [0.25, 0.3) is 0 Å². The Kier molecular flexibility index (Phi) is 2.51. The molecule has 0 spiro atoms. The van der Waals surface area contributed by atoms with E-state index in [-0.39, 0.29) is 5.41 Å². The fourth-order valence-electron chi connectivity index (χ4n) is 2.15. The largest absolute Gasteiger partial charge is 0.385 e. The zero-order valence-corrected chi connectivity index (χ0v) is 9.34. The molecule has 0 radical (unpaired) electrons. The SMILES string of the molecule is CCc1ccc2c(c1)C(C)(C=O)CCN2. The van der Waals surface area contributed by atoms with Gasteiger partial charge in [0, 0.05) is 12.2 Å². The first-order valence-electron chi connectivity index (χ1n) is 5.53. The van der Waals surface area contributed by atoms with Crippen molar-refractivity contribution in [3.63, 3.8) is 0 Å². The third-order valence-electron chi connectivity index (χ3n) is 3.33. The highest BCUT2D eigenvalue weighted by molar-refractivity contribution is 5.75. The van der Waals surface area contributed by atoms with Crippen LogP contribution in [0.2, 0.25) is 0 Å². The Morgan fingerprint density at radius 3 is 3.00 bits per heavy atom. The molecule has 0 fully saturated rings. The lowest BCUT2D eigenvalue weighted by atomic mass is 9.77. The van der Waals surface area contributed by atoms with Crippen molar-refractivity contribution in [2.24, 2.45) is 0 Å². The standard InChI is InChI=1S/C13H17NO/c1-3-10-4-5-12-11(8-10)13(2,9-15)6-7-14-12/h4-5,8-9,14H,3,6-7H2,1-2H3. The Hall–Kier alpha value is -1.31. The summed E-state index contributed by atoms with van der Waals surface area (Å²) >= 11 is 0. The summed E-state index contributed by atoms with van der Waals surface area (Å²) in [6, 6.07) is 6.38. The molecule has 80 valence electrons. The number of carbonyl (C=O) groups is 1. The molecule has 1 atom stereocenters. The molecule has 0 aromatic heterocycles. The molecule has 1 N–H and O–H groups in total. The Labute approximate surface area is 90.7 Å². The number of nitrogens with one attached hydrogen (secondary N) is 1. The predicted molar refractivity (Wildman–Crippen MR) is 62.3 cm³/mol. The third-order valence-corrected chi connectivity index (χ3v) is 3.33. The lowest BCUT2D eigenvalue weighted by Crippen LogP contribution is -2.32. The molecule has 2 nitrogen and oxygen atoms in total. The van der Waals surface area contributed by atoms with E-state index < -0.39 is 0 Å². The molecule has 1 aliphatic rings. The van der Waals surface area contributed by atoms with Crippen molar-refractivity contribution >= 4 is 12.0 Å². The van der Waals surface area contributed by atoms with Crippen molar-refractivity contribution in [2.75, 3.05) is 11.9 Å². The minimum absolute atomic E-state index is 0.300. The van der Waals surface area contributed by atoms with Gasteiger partial charge in [-0.05, 0) is 37.0 Å². The molecule has 0 saturated heterocycles. The summed E-state index contributed by atoms with van der Waals surface area (Å²) in [5.74, 6) is 0. The van der Waals surface area contributed by atoms with Crippen LogP contribution in [0, 0.1) is 0 Å². The number of hydrogen-bond acceptors (Lipinski definition) is 2. The van der Waals surface area contributed by atoms with E-state index in [1.807, 2.05) is 6.92 Å². The highest BCUT2D eigenvalue weighted by atomic mass is 16.1. The maximum Gasteiger partial charge on any atom is 0.130 e. The maximum atomic E-state index is 11.2. The maximum absolute atomic E-state index is 11.2. The Morgan fingerprint density at radius 1 is 1.53 bits per heavy atom. The predicted octanol–water partition coefficient (Wildman–Crippen LogP) is 2.52. The van der Waals surface area contributed by atoms with Gasteiger partial charge >= 0.3 is 0 Å². The first-order chi connectivity index (χ1) is 7.19. The van der Waals surface area contributed by atoms with Crippen molar-refractivity contribution in [3.8, 4) is 0 Å². The van der Waals surface area contributed by atoms with Crippen LogP contribution in [0.4, 0.5) is 5.69 Å². The molecule has 1 aliphatic heterocycles. The summed E-state index contributed by atoms with van der Waals surface area (Å²) in [6.07, 6.45) is 2.99. The number of rotatable bonds is 2. The van der Waals surface area contributed by atoms with Crippen LogP contribution in [-0.4, -0.2) is 12.8 Å². The Morgan fingerprint density at radius 2 is 2.33 bits per heavy atom. The van der Waals surface area contributed by atoms with Crippen molar-refractivity contribution in [2.45, 2.75) is 32.1 Å². The van der Waals surface area contributed by atoms with E-state index in [1.165, 1.54) is 5.56 Å². The number of carbonyl (C=O) groups excluding carboxylic acids is 1. The number of hydrogen-bond donors (Lipinski definition) is 1. The van der Waals surface area contributed by atoms with E-state index in [0.29, 0.717) is 0 Å². The van der Waals surface area contributed by atoms with Gasteiger partial charge in [0.1, 0.15) is 6.29 Å². The molecular formula is C13H17NO. The minimum Gasteiger partial charge on any atom is -0.385 e. The van der Waals surface area contributed by atoms with Gasteiger partial charge in [0.05, 0.1) is 5.41 Å². The molecule has 0 bridgehead atoms. The first kappa shape index (κ1) is 10.2. The molecule has 0 saturated carbocycles. The highest BCUT2D eigenvalue weighted by Crippen LogP contribution is 2.35. The lowest BCUT2D eigenvalue weighted by molar-refractivity contribution is -0.112. The van der Waals surface area contributed by atoms with Gasteiger partial charge in [0.25, 0.3) is 0 Å². The number of aldehydes is 1. The third kappa shape index (κ3) is 1.65. The van der Waals surface area contributed by atoms with Gasteiger partial charge in [-0.15, -0.1) is 0 Å². The zero-order chi connectivity index (χ0) is 10.9. The molecule has 0 amide bonds. The molecular weight excluding hydrogens is 186 g/mol. The summed E-state index contributed by atoms with van der Waals surface area (Å²) in [6.45, 7) is 5.04. The fraction of sp³-hybridized carbons (Fsp3) is 0.462. The van der Waals surface area contributed by atoms with Crippen LogP contribution < -0.4 is 5.32 Å². The van der Waals surface area contributed by atoms with Crippen molar-refractivity contribution < 1.29 is 4.79 Å². The smallest absolute Gasteiger partial charge is 0.130 e. The molecule has 15 heavy (non-hydrogen) atoms. The Bertz CT molecular complexity index is 386. The van der Waals surface area contributed by atoms with E-state index in [0.717, 1.165) is 36.9 Å². The van der Waals surface area contributed by atoms with Crippen molar-refractivity contribution in [3.05, 3.63) is 29.3 Å². The molecule has 0 aliphatic carbocycles. The summed E-state index contributed by atoms with van der Waals surface area (Å²) in [5, 5.41) is 3.34. The number of anilines is 1. The molecule has 1 heterocycles. The second-order valence-corrected chi connectivity index (χ2v) is 4.45. The second-order valence-electron chi connectivity index (χ2n) is 4.45. The topological polar surface area (TPSA) is 29.1 Å². The van der Waals surface area contributed by atoms with Gasteiger partial charge in [-0.2, -0.15) is 0 Å². The minimum atomic E-state index is -0.300. The average Bonchev–Trinajstić information content (AvgIpc) is 2.29.